The van der Waals surface area contributed by atoms with Gasteiger partial charge in [0, 0.05) is 18.1 Å². The van der Waals surface area contributed by atoms with E-state index in [1.807, 2.05) is 0 Å². The maximum atomic E-state index is 2.32. The fourth-order valence-electron chi connectivity index (χ4n) is 1.95. The fraction of sp³-hybridized carbons (Fsp3) is 0.667. The summed E-state index contributed by atoms with van der Waals surface area (Å²) in [5, 5.41) is 0. The highest BCUT2D eigenvalue weighted by Gasteiger charge is 2.02. The van der Waals surface area contributed by atoms with Crippen molar-refractivity contribution in [1.29, 1.82) is 0 Å². The van der Waals surface area contributed by atoms with Gasteiger partial charge >= 0.3 is 0 Å². The number of aromatic nitrogens is 1. The van der Waals surface area contributed by atoms with E-state index >= 15 is 0 Å². The van der Waals surface area contributed by atoms with E-state index in [9.17, 15) is 0 Å². The SMILES string of the molecule is CCCCCCCC[n+]1ccc(C)c(C)c1.[I-]. The van der Waals surface area contributed by atoms with Gasteiger partial charge in [0.05, 0.1) is 0 Å². The van der Waals surface area contributed by atoms with Crippen molar-refractivity contribution in [2.75, 3.05) is 0 Å². The summed E-state index contributed by atoms with van der Waals surface area (Å²) < 4.78 is 2.32. The first kappa shape index (κ1) is 16.9. The molecule has 1 aromatic rings. The zero-order chi connectivity index (χ0) is 11.8. The Morgan fingerprint density at radius 3 is 2.24 bits per heavy atom. The number of hydrogen-bond acceptors (Lipinski definition) is 0. The largest absolute Gasteiger partial charge is 1.00 e. The van der Waals surface area contributed by atoms with E-state index in [1.165, 1.54) is 56.2 Å². The Morgan fingerprint density at radius 2 is 1.59 bits per heavy atom. The summed E-state index contributed by atoms with van der Waals surface area (Å²) in [7, 11) is 0. The van der Waals surface area contributed by atoms with Gasteiger partial charge in [-0.05, 0) is 25.8 Å². The van der Waals surface area contributed by atoms with Crippen LogP contribution in [0.25, 0.3) is 0 Å². The molecule has 0 saturated heterocycles. The van der Waals surface area contributed by atoms with E-state index in [2.05, 4.69) is 43.8 Å². The number of rotatable bonds is 7. The van der Waals surface area contributed by atoms with E-state index < -0.39 is 0 Å². The minimum absolute atomic E-state index is 0. The standard InChI is InChI=1S/C15H26N.HI/c1-4-5-6-7-8-9-11-16-12-10-14(2)15(3)13-16;/h10,12-13H,4-9,11H2,1-3H3;1H/q+1;/p-1. The quantitative estimate of drug-likeness (QED) is 0.393. The summed E-state index contributed by atoms with van der Waals surface area (Å²) in [6, 6.07) is 2.21. The van der Waals surface area contributed by atoms with Crippen molar-refractivity contribution in [2.24, 2.45) is 0 Å². The Bertz CT molecular complexity index is 310. The lowest BCUT2D eigenvalue weighted by atomic mass is 10.1. The van der Waals surface area contributed by atoms with Crippen LogP contribution in [-0.4, -0.2) is 0 Å². The third kappa shape index (κ3) is 7.02. The van der Waals surface area contributed by atoms with Crippen LogP contribution >= 0.6 is 0 Å². The summed E-state index contributed by atoms with van der Waals surface area (Å²) in [4.78, 5) is 0. The molecule has 0 aromatic carbocycles. The molecule has 0 saturated carbocycles. The van der Waals surface area contributed by atoms with Crippen LogP contribution in [0.2, 0.25) is 0 Å². The Kier molecular flexibility index (Phi) is 9.79. The van der Waals surface area contributed by atoms with Crippen LogP contribution in [0.3, 0.4) is 0 Å². The minimum atomic E-state index is 0. The maximum Gasteiger partial charge on any atom is 0.171 e. The monoisotopic (exact) mass is 347 g/mol. The molecule has 98 valence electrons. The van der Waals surface area contributed by atoms with Crippen molar-refractivity contribution in [3.8, 4) is 0 Å². The van der Waals surface area contributed by atoms with Crippen molar-refractivity contribution in [2.45, 2.75) is 65.8 Å². The van der Waals surface area contributed by atoms with Crippen LogP contribution in [0.1, 0.15) is 56.6 Å². The van der Waals surface area contributed by atoms with Crippen LogP contribution < -0.4 is 28.5 Å². The molecule has 0 fully saturated rings. The molecule has 0 radical (unpaired) electrons. The molecule has 1 rings (SSSR count). The van der Waals surface area contributed by atoms with Crippen molar-refractivity contribution < 1.29 is 28.5 Å². The Hall–Kier alpha value is -0.120. The molecule has 0 aliphatic rings. The van der Waals surface area contributed by atoms with Crippen LogP contribution in [-0.2, 0) is 6.54 Å². The van der Waals surface area contributed by atoms with E-state index in [4.69, 9.17) is 0 Å². The van der Waals surface area contributed by atoms with Crippen LogP contribution in [0.5, 0.6) is 0 Å². The van der Waals surface area contributed by atoms with Crippen LogP contribution in [0.4, 0.5) is 0 Å². The third-order valence-corrected chi connectivity index (χ3v) is 3.27. The zero-order valence-corrected chi connectivity index (χ0v) is 13.7. The van der Waals surface area contributed by atoms with Crippen molar-refractivity contribution in [1.82, 2.24) is 0 Å². The Labute approximate surface area is 124 Å². The summed E-state index contributed by atoms with van der Waals surface area (Å²) in [5.41, 5.74) is 2.78. The third-order valence-electron chi connectivity index (χ3n) is 3.27. The van der Waals surface area contributed by atoms with Crippen molar-refractivity contribution >= 4 is 0 Å². The number of pyridine rings is 1. The van der Waals surface area contributed by atoms with E-state index in [1.54, 1.807) is 0 Å². The molecule has 0 spiro atoms. The second-order valence-electron chi connectivity index (χ2n) is 4.82. The molecule has 0 bridgehead atoms. The number of hydrogen-bond donors (Lipinski definition) is 0. The summed E-state index contributed by atoms with van der Waals surface area (Å²) in [5.74, 6) is 0. The van der Waals surface area contributed by atoms with Crippen LogP contribution in [0.15, 0.2) is 18.5 Å². The van der Waals surface area contributed by atoms with Gasteiger partial charge in [0.15, 0.2) is 12.4 Å². The predicted octanol–water partition coefficient (Wildman–Crippen LogP) is 0.955. The molecule has 2 heteroatoms. The van der Waals surface area contributed by atoms with Gasteiger partial charge in [-0.2, -0.15) is 0 Å². The van der Waals surface area contributed by atoms with Crippen molar-refractivity contribution in [3.05, 3.63) is 29.6 Å². The number of nitrogens with zero attached hydrogens (tertiary/aromatic N) is 1. The average molecular weight is 347 g/mol. The summed E-state index contributed by atoms with van der Waals surface area (Å²) in [6.07, 6.45) is 12.7. The van der Waals surface area contributed by atoms with E-state index in [-0.39, 0.29) is 24.0 Å². The minimum Gasteiger partial charge on any atom is -1.00 e. The molecule has 1 heterocycles. The first-order valence-electron chi connectivity index (χ1n) is 6.70. The van der Waals surface area contributed by atoms with Gasteiger partial charge in [-0.1, -0.05) is 32.6 Å². The normalized spacial score (nSPS) is 10.1. The van der Waals surface area contributed by atoms with Gasteiger partial charge in [0.25, 0.3) is 0 Å². The van der Waals surface area contributed by atoms with E-state index in [0.29, 0.717) is 0 Å². The molecule has 1 nitrogen and oxygen atoms in total. The van der Waals surface area contributed by atoms with Crippen molar-refractivity contribution in [3.63, 3.8) is 0 Å². The second-order valence-corrected chi connectivity index (χ2v) is 4.82. The van der Waals surface area contributed by atoms with Gasteiger partial charge in [-0.15, -0.1) is 0 Å². The Morgan fingerprint density at radius 1 is 0.941 bits per heavy atom. The lowest BCUT2D eigenvalue weighted by molar-refractivity contribution is -0.697. The van der Waals surface area contributed by atoms with Gasteiger partial charge < -0.3 is 24.0 Å². The Balaban J connectivity index is 0.00000256. The van der Waals surface area contributed by atoms with Gasteiger partial charge in [0.2, 0.25) is 0 Å². The number of aryl methyl sites for hydroxylation is 3. The lowest BCUT2D eigenvalue weighted by Crippen LogP contribution is -3.00. The molecule has 0 N–H and O–H groups in total. The summed E-state index contributed by atoms with van der Waals surface area (Å²) in [6.45, 7) is 7.80. The topological polar surface area (TPSA) is 3.88 Å². The number of halogens is 1. The zero-order valence-electron chi connectivity index (χ0n) is 11.5. The maximum absolute atomic E-state index is 2.32. The van der Waals surface area contributed by atoms with Gasteiger partial charge in [-0.3, -0.25) is 0 Å². The first-order valence-corrected chi connectivity index (χ1v) is 6.70. The van der Waals surface area contributed by atoms with Gasteiger partial charge in [0.1, 0.15) is 6.54 Å². The average Bonchev–Trinajstić information content (AvgIpc) is 2.28. The molecular formula is C15H26IN. The molecule has 0 atom stereocenters. The lowest BCUT2D eigenvalue weighted by Gasteiger charge is -2.01. The molecule has 0 unspecified atom stereocenters. The van der Waals surface area contributed by atoms with E-state index in [0.717, 1.165) is 0 Å². The van der Waals surface area contributed by atoms with Gasteiger partial charge in [-0.25, -0.2) is 4.57 Å². The predicted molar refractivity (Wildman–Crippen MR) is 69.5 cm³/mol. The molecular weight excluding hydrogens is 321 g/mol. The summed E-state index contributed by atoms with van der Waals surface area (Å²) >= 11 is 0. The molecule has 0 aliphatic heterocycles. The molecule has 17 heavy (non-hydrogen) atoms. The first-order chi connectivity index (χ1) is 7.74. The molecule has 1 aromatic heterocycles. The second kappa shape index (κ2) is 9.86. The highest BCUT2D eigenvalue weighted by molar-refractivity contribution is 5.16. The highest BCUT2D eigenvalue weighted by atomic mass is 127. The van der Waals surface area contributed by atoms with Crippen LogP contribution in [0, 0.1) is 13.8 Å². The molecule has 0 aliphatic carbocycles. The molecule has 0 amide bonds. The fourth-order valence-corrected chi connectivity index (χ4v) is 1.95. The smallest absolute Gasteiger partial charge is 0.171 e. The highest BCUT2D eigenvalue weighted by Crippen LogP contribution is 2.05. The number of unbranched alkanes of at least 4 members (excludes halogenated alkanes) is 5.